The van der Waals surface area contributed by atoms with Gasteiger partial charge in [0.05, 0.1) is 0 Å². The zero-order valence-corrected chi connectivity index (χ0v) is 42.0. The van der Waals surface area contributed by atoms with E-state index in [9.17, 15) is 0 Å². The zero-order chi connectivity index (χ0) is 50.9. The summed E-state index contributed by atoms with van der Waals surface area (Å²) in [7, 11) is 0. The maximum absolute atomic E-state index is 2.38. The Bertz CT molecular complexity index is 3390. The van der Waals surface area contributed by atoms with Crippen LogP contribution in [-0.4, -0.2) is 0 Å². The lowest BCUT2D eigenvalue weighted by atomic mass is 9.88. The smallest absolute Gasteiger partial charge is 0.0468 e. The Morgan fingerprint density at radius 1 is 0.132 bits per heavy atom. The Kier molecular flexibility index (Phi) is 13.5. The van der Waals surface area contributed by atoms with Crippen LogP contribution in [0.25, 0.3) is 33.4 Å². The van der Waals surface area contributed by atoms with Gasteiger partial charge in [0.25, 0.3) is 0 Å². The van der Waals surface area contributed by atoms with Gasteiger partial charge in [0.15, 0.2) is 0 Å². The molecule has 0 aliphatic carbocycles. The fourth-order valence-electron chi connectivity index (χ4n) is 10.3. The molecule has 0 aliphatic rings. The highest BCUT2D eigenvalue weighted by molar-refractivity contribution is 5.98. The van der Waals surface area contributed by atoms with E-state index in [1.165, 1.54) is 0 Å². The molecule has 0 radical (unpaired) electrons. The summed E-state index contributed by atoms with van der Waals surface area (Å²) in [6.45, 7) is 0. The maximum Gasteiger partial charge on any atom is 0.0468 e. The molecule has 12 rings (SSSR count). The van der Waals surface area contributed by atoms with Crippen molar-refractivity contribution in [3.63, 3.8) is 0 Å². The monoisotopic (exact) mass is 974 g/mol. The van der Waals surface area contributed by atoms with Crippen molar-refractivity contribution in [3.05, 3.63) is 328 Å². The molecule has 0 spiro atoms. The summed E-state index contributed by atoms with van der Waals surface area (Å²) in [4.78, 5) is 9.38. The topological polar surface area (TPSA) is 13.0 Å². The minimum Gasteiger partial charge on any atom is -0.310 e. The summed E-state index contributed by atoms with van der Waals surface area (Å²) in [5, 5.41) is 0. The molecule has 0 N–H and O–H groups in total. The van der Waals surface area contributed by atoms with Gasteiger partial charge in [-0.3, -0.25) is 0 Å². The number of anilines is 12. The molecule has 0 unspecified atom stereocenters. The van der Waals surface area contributed by atoms with E-state index < -0.39 is 0 Å². The Balaban J connectivity index is 1.11. The molecule has 0 atom stereocenters. The molecule has 0 saturated heterocycles. The van der Waals surface area contributed by atoms with Crippen LogP contribution in [0, 0.1) is 0 Å². The number of nitrogens with zero attached hydrogens (tertiary/aromatic N) is 4. The molecule has 4 nitrogen and oxygen atoms in total. The number of benzene rings is 12. The molecule has 0 heterocycles. The van der Waals surface area contributed by atoms with Crippen molar-refractivity contribution in [3.8, 4) is 33.4 Å². The van der Waals surface area contributed by atoms with Crippen LogP contribution >= 0.6 is 0 Å². The Hall–Kier alpha value is -10.2. The van der Waals surface area contributed by atoms with Gasteiger partial charge in [-0.1, -0.05) is 182 Å². The van der Waals surface area contributed by atoms with Crippen molar-refractivity contribution in [2.75, 3.05) is 19.6 Å². The highest BCUT2D eigenvalue weighted by Crippen LogP contribution is 2.48. The number of hydrogen-bond acceptors (Lipinski definition) is 4. The molecule has 0 saturated carbocycles. The van der Waals surface area contributed by atoms with Crippen LogP contribution in [0.3, 0.4) is 0 Å². The molecule has 0 aromatic heterocycles. The average Bonchev–Trinajstić information content (AvgIpc) is 3.50. The fourth-order valence-corrected chi connectivity index (χ4v) is 10.3. The fraction of sp³-hybridized carbons (Fsp3) is 0. The van der Waals surface area contributed by atoms with E-state index in [0.29, 0.717) is 0 Å². The lowest BCUT2D eigenvalue weighted by molar-refractivity contribution is 1.27. The second kappa shape index (κ2) is 21.9. The van der Waals surface area contributed by atoms with Gasteiger partial charge in [-0.25, -0.2) is 0 Å². The van der Waals surface area contributed by atoms with Crippen molar-refractivity contribution in [1.82, 2.24) is 0 Å². The van der Waals surface area contributed by atoms with Gasteiger partial charge >= 0.3 is 0 Å². The third-order valence-corrected chi connectivity index (χ3v) is 13.8. The van der Waals surface area contributed by atoms with Crippen LogP contribution in [-0.2, 0) is 0 Å². The molecule has 12 aromatic carbocycles. The van der Waals surface area contributed by atoms with Gasteiger partial charge in [0.1, 0.15) is 0 Å². The van der Waals surface area contributed by atoms with E-state index in [0.717, 1.165) is 102 Å². The van der Waals surface area contributed by atoms with Gasteiger partial charge in [-0.2, -0.15) is 0 Å². The third-order valence-electron chi connectivity index (χ3n) is 13.8. The molecule has 12 aromatic rings. The number of para-hydroxylation sites is 8. The molecule has 0 amide bonds. The maximum atomic E-state index is 2.38. The second-order valence-corrected chi connectivity index (χ2v) is 18.6. The van der Waals surface area contributed by atoms with Crippen molar-refractivity contribution in [2.45, 2.75) is 0 Å². The summed E-state index contributed by atoms with van der Waals surface area (Å²) in [6.07, 6.45) is 0. The van der Waals surface area contributed by atoms with Crippen LogP contribution in [0.4, 0.5) is 68.2 Å². The van der Waals surface area contributed by atoms with Crippen LogP contribution < -0.4 is 19.6 Å². The minimum absolute atomic E-state index is 1.05. The molecular weight excluding hydrogens is 921 g/mol. The number of rotatable bonds is 15. The summed E-state index contributed by atoms with van der Waals surface area (Å²) >= 11 is 0. The Labute approximate surface area is 446 Å². The van der Waals surface area contributed by atoms with Crippen molar-refractivity contribution in [1.29, 1.82) is 0 Å². The predicted octanol–water partition coefficient (Wildman–Crippen LogP) is 20.6. The van der Waals surface area contributed by atoms with E-state index in [4.69, 9.17) is 0 Å². The molecule has 76 heavy (non-hydrogen) atoms. The first-order valence-corrected chi connectivity index (χ1v) is 25.8. The molecule has 0 fully saturated rings. The molecule has 362 valence electrons. The van der Waals surface area contributed by atoms with Gasteiger partial charge in [0.2, 0.25) is 0 Å². The van der Waals surface area contributed by atoms with Crippen molar-refractivity contribution in [2.24, 2.45) is 0 Å². The van der Waals surface area contributed by atoms with Gasteiger partial charge in [0, 0.05) is 68.2 Å². The largest absolute Gasteiger partial charge is 0.310 e. The lowest BCUT2D eigenvalue weighted by Gasteiger charge is -2.29. The van der Waals surface area contributed by atoms with Crippen LogP contribution in [0.2, 0.25) is 0 Å². The summed E-state index contributed by atoms with van der Waals surface area (Å²) in [5.74, 6) is 0. The van der Waals surface area contributed by atoms with Gasteiger partial charge in [-0.15, -0.1) is 0 Å². The van der Waals surface area contributed by atoms with E-state index in [2.05, 4.69) is 347 Å². The SMILES string of the molecule is c1ccc(N(c2ccccc2)c2cccc(-c3cc(N(c4ccccc4)c4ccccc4)ccc3-c3ccc(N(c4ccccc4)c4ccccc4)cc3-c3cccc(N(c4ccccc4)c4ccccc4)c3)c2)cc1. The average molecular weight is 975 g/mol. The number of hydrogen-bond donors (Lipinski definition) is 0. The van der Waals surface area contributed by atoms with E-state index >= 15 is 0 Å². The highest BCUT2D eigenvalue weighted by atomic mass is 15.2. The van der Waals surface area contributed by atoms with Crippen LogP contribution in [0.5, 0.6) is 0 Å². The normalized spacial score (nSPS) is 10.9. The van der Waals surface area contributed by atoms with E-state index in [1.54, 1.807) is 0 Å². The van der Waals surface area contributed by atoms with E-state index in [-0.39, 0.29) is 0 Å². The van der Waals surface area contributed by atoms with Crippen LogP contribution in [0.1, 0.15) is 0 Å². The van der Waals surface area contributed by atoms with Gasteiger partial charge in [-0.05, 0) is 179 Å². The first-order valence-electron chi connectivity index (χ1n) is 25.8. The summed E-state index contributed by atoms with van der Waals surface area (Å²) < 4.78 is 0. The standard InChI is InChI=1S/C72H54N4/c1-9-29-57(30-10-1)73(58-31-11-2-12-32-58)65-45-25-27-55(51-65)71-53-67(75(61-37-17-5-18-38-61)62-39-19-6-20-40-62)47-49-69(71)70-50-48-68(76(63-41-21-7-22-42-63)64-43-23-8-24-44-64)54-72(70)56-28-26-46-66(52-56)74(59-33-13-3-14-34-59)60-35-15-4-16-36-60/h1-54H. The van der Waals surface area contributed by atoms with Crippen LogP contribution in [0.15, 0.2) is 328 Å². The molecular formula is C72H54N4. The molecule has 0 bridgehead atoms. The minimum atomic E-state index is 1.05. The predicted molar refractivity (Wildman–Crippen MR) is 321 cm³/mol. The third kappa shape index (κ3) is 9.87. The van der Waals surface area contributed by atoms with Crippen molar-refractivity contribution < 1.29 is 0 Å². The first-order chi connectivity index (χ1) is 37.7. The molecule has 4 heteroatoms. The summed E-state index contributed by atoms with van der Waals surface area (Å²) in [5.41, 5.74) is 19.4. The molecule has 0 aliphatic heterocycles. The second-order valence-electron chi connectivity index (χ2n) is 18.6. The van der Waals surface area contributed by atoms with Crippen molar-refractivity contribution >= 4 is 68.2 Å². The highest BCUT2D eigenvalue weighted by Gasteiger charge is 2.23. The summed E-state index contributed by atoms with van der Waals surface area (Å²) in [6, 6.07) is 117. The first kappa shape index (κ1) is 46.9. The van der Waals surface area contributed by atoms with Gasteiger partial charge < -0.3 is 19.6 Å². The van der Waals surface area contributed by atoms with E-state index in [1.807, 2.05) is 0 Å². The lowest BCUT2D eigenvalue weighted by Crippen LogP contribution is -2.11. The Morgan fingerprint density at radius 2 is 0.329 bits per heavy atom. The Morgan fingerprint density at radius 3 is 0.553 bits per heavy atom. The quantitative estimate of drug-likeness (QED) is 0.101. The zero-order valence-electron chi connectivity index (χ0n) is 42.0.